The Bertz CT molecular complexity index is 398. The van der Waals surface area contributed by atoms with Crippen molar-refractivity contribution in [1.29, 1.82) is 0 Å². The van der Waals surface area contributed by atoms with Gasteiger partial charge in [-0.05, 0) is 25.7 Å². The molecule has 0 aromatic heterocycles. The molecule has 0 N–H and O–H groups in total. The fourth-order valence-corrected chi connectivity index (χ4v) is 8.05. The molecule has 0 amide bonds. The topological polar surface area (TPSA) is 80.3 Å². The molecule has 0 saturated heterocycles. The van der Waals surface area contributed by atoms with Gasteiger partial charge in [0.1, 0.15) is 0 Å². The Morgan fingerprint density at radius 3 is 0.895 bits per heavy atom. The summed E-state index contributed by atoms with van der Waals surface area (Å²) in [5.74, 6) is -1.82. The van der Waals surface area contributed by atoms with Gasteiger partial charge in [0.05, 0.1) is 0 Å². The molecule has 38 heavy (non-hydrogen) atoms. The Balaban J connectivity index is -0.000000231. The number of rotatable bonds is 26. The van der Waals surface area contributed by atoms with Crippen molar-refractivity contribution >= 4 is 82.0 Å². The summed E-state index contributed by atoms with van der Waals surface area (Å²) in [6, 6.07) is 0. The maximum absolute atomic E-state index is 10.1. The van der Waals surface area contributed by atoms with E-state index in [0.29, 0.717) is 0 Å². The number of carbonyl (C=O) groups excluding carboxylic acids is 2. The molecule has 0 heterocycles. The van der Waals surface area contributed by atoms with E-state index < -0.39 is 11.9 Å². The van der Waals surface area contributed by atoms with E-state index in [1.165, 1.54) is 116 Å². The Kier molecular flexibility index (Phi) is 55.2. The van der Waals surface area contributed by atoms with Gasteiger partial charge in [0.25, 0.3) is 0 Å². The zero-order chi connectivity index (χ0) is 28.2. The molecule has 0 spiro atoms. The summed E-state index contributed by atoms with van der Waals surface area (Å²) in [6.07, 6.45) is 28.2. The van der Waals surface area contributed by atoms with Gasteiger partial charge in [-0.3, -0.25) is 0 Å². The van der Waals surface area contributed by atoms with E-state index in [1.807, 2.05) is 0 Å². The average Bonchev–Trinajstić information content (AvgIpc) is 2.87. The van der Waals surface area contributed by atoms with Crippen LogP contribution in [-0.4, -0.2) is 82.0 Å². The summed E-state index contributed by atoms with van der Waals surface area (Å²) in [5.41, 5.74) is 0. The first-order chi connectivity index (χ1) is 18.0. The van der Waals surface area contributed by atoms with Crippen molar-refractivity contribution in [2.24, 2.45) is 0 Å². The van der Waals surface area contributed by atoms with Crippen molar-refractivity contribution in [3.05, 3.63) is 0 Å². The van der Waals surface area contributed by atoms with Gasteiger partial charge in [-0.2, -0.15) is 0 Å². The van der Waals surface area contributed by atoms with Gasteiger partial charge in [0.2, 0.25) is 0 Å². The summed E-state index contributed by atoms with van der Waals surface area (Å²) in [4.78, 5) is 20.2. The first-order valence-corrected chi connectivity index (χ1v) is 20.1. The van der Waals surface area contributed by atoms with E-state index in [9.17, 15) is 19.8 Å². The fourth-order valence-electron chi connectivity index (χ4n) is 3.89. The Labute approximate surface area is 289 Å². The fraction of sp³-hybridized carbons (Fsp3) is 0.938. The number of carboxylic acids is 2. The average molecular weight is 769 g/mol. The van der Waals surface area contributed by atoms with Crippen LogP contribution in [0, 0.1) is 0 Å². The zero-order valence-corrected chi connectivity index (χ0v) is 33.5. The quantitative estimate of drug-likeness (QED) is 0.0659. The summed E-state index contributed by atoms with van der Waals surface area (Å²) < 4.78 is 3.25. The summed E-state index contributed by atoms with van der Waals surface area (Å²) in [6.45, 7) is 9.03. The van der Waals surface area contributed by atoms with Crippen LogP contribution in [0.4, 0.5) is 0 Å². The van der Waals surface area contributed by atoms with Crippen LogP contribution in [0.2, 0.25) is 8.87 Å². The molecule has 4 nitrogen and oxygen atoms in total. The number of carbonyl (C=O) groups is 2. The predicted molar refractivity (Wildman–Crippen MR) is 165 cm³/mol. The molecule has 0 bridgehead atoms. The van der Waals surface area contributed by atoms with E-state index in [0.717, 1.165) is 25.7 Å². The van der Waals surface area contributed by atoms with Crippen molar-refractivity contribution in [2.75, 3.05) is 0 Å². The van der Waals surface area contributed by atoms with Gasteiger partial charge in [-0.1, -0.05) is 117 Å². The Morgan fingerprint density at radius 2 is 0.658 bits per heavy atom. The summed E-state index contributed by atoms with van der Waals surface area (Å²) in [5, 5.41) is 20.2. The molecule has 0 rings (SSSR count). The maximum atomic E-state index is 10.1. The van der Waals surface area contributed by atoms with Gasteiger partial charge in [-0.25, -0.2) is 0 Å². The number of carboxylic acid groups (broad SMARTS) is 2. The summed E-state index contributed by atoms with van der Waals surface area (Å²) in [7, 11) is 0. The molecule has 0 unspecified atom stereocenters. The minimum Gasteiger partial charge on any atom is 2.00 e. The minimum absolute atomic E-state index is 0. The second kappa shape index (κ2) is 45.3. The molecule has 0 aromatic rings. The number of hydrogen-bond acceptors (Lipinski definition) is 4. The van der Waals surface area contributed by atoms with E-state index >= 15 is 0 Å². The van der Waals surface area contributed by atoms with Crippen molar-refractivity contribution in [3.8, 4) is 0 Å². The molecular weight excluding hydrogens is 704 g/mol. The second-order valence-electron chi connectivity index (χ2n) is 10.4. The van der Waals surface area contributed by atoms with Crippen LogP contribution < -0.4 is 10.2 Å². The maximum Gasteiger partial charge on any atom is 2.00 e. The standard InChI is InChI=1S/2C12H24O2.2C4H9.Ba.Sn/c2*1-2-3-4-5-6-7-8-9-10-11-12(13)14;2*1-3-4-2;;/h2*2-11H2,1H3,(H,13,14);2*1,3-4H2,2H3;;/q;;;;2*+2/p-2. The van der Waals surface area contributed by atoms with Gasteiger partial charge in [-0.15, -0.1) is 0 Å². The van der Waals surface area contributed by atoms with Gasteiger partial charge >= 0.3 is 118 Å². The third-order valence-corrected chi connectivity index (χ3v) is 10.4. The molecule has 0 aromatic carbocycles. The first kappa shape index (κ1) is 46.3. The van der Waals surface area contributed by atoms with E-state index in [1.54, 1.807) is 8.87 Å². The molecule has 0 aliphatic carbocycles. The molecule has 220 valence electrons. The van der Waals surface area contributed by atoms with Gasteiger partial charge < -0.3 is 19.8 Å². The summed E-state index contributed by atoms with van der Waals surface area (Å²) >= 11 is 0.149. The molecule has 0 atom stereocenters. The normalized spacial score (nSPS) is 9.79. The SMILES string of the molecule is CCCCCCCCCCCC(=O)[O-].CCCCCCCCCCCC(=O)[O-].CCC[CH2][Sn+2][CH2]CCC.[Ba+2]. The predicted octanol–water partition coefficient (Wildman–Crippen LogP) is 8.06. The molecule has 0 fully saturated rings. The van der Waals surface area contributed by atoms with Crippen molar-refractivity contribution in [1.82, 2.24) is 0 Å². The first-order valence-electron chi connectivity index (χ1n) is 16.1. The molecule has 0 aliphatic heterocycles. The second-order valence-corrected chi connectivity index (χ2v) is 14.6. The smallest absolute Gasteiger partial charge is 2.00 e. The van der Waals surface area contributed by atoms with E-state index in [4.69, 9.17) is 0 Å². The van der Waals surface area contributed by atoms with Crippen LogP contribution in [0.25, 0.3) is 0 Å². The Hall–Kier alpha value is 1.31. The minimum atomic E-state index is -0.909. The van der Waals surface area contributed by atoms with Crippen LogP contribution in [-0.2, 0) is 9.59 Å². The molecule has 6 heteroatoms. The van der Waals surface area contributed by atoms with Crippen molar-refractivity contribution in [2.45, 2.75) is 191 Å². The third kappa shape index (κ3) is 57.3. The van der Waals surface area contributed by atoms with Crippen LogP contribution in [0.15, 0.2) is 0 Å². The van der Waals surface area contributed by atoms with Crippen LogP contribution >= 0.6 is 0 Å². The van der Waals surface area contributed by atoms with E-state index in [-0.39, 0.29) is 82.9 Å². The number of unbranched alkanes of at least 4 members (excludes halogenated alkanes) is 18. The Morgan fingerprint density at radius 1 is 0.421 bits per heavy atom. The number of aliphatic carboxylic acids is 2. The van der Waals surface area contributed by atoms with Crippen molar-refractivity contribution in [3.63, 3.8) is 0 Å². The third-order valence-electron chi connectivity index (χ3n) is 6.38. The van der Waals surface area contributed by atoms with E-state index in [2.05, 4.69) is 27.7 Å². The monoisotopic (exact) mass is 770 g/mol. The largest absolute Gasteiger partial charge is 2.00 e. The van der Waals surface area contributed by atoms with Gasteiger partial charge in [0, 0.05) is 11.9 Å². The molecule has 0 radical (unpaired) electrons. The van der Waals surface area contributed by atoms with Crippen LogP contribution in [0.1, 0.15) is 182 Å². The van der Waals surface area contributed by atoms with Crippen LogP contribution in [0.3, 0.4) is 0 Å². The number of hydrogen-bond donors (Lipinski definition) is 0. The van der Waals surface area contributed by atoms with Gasteiger partial charge in [0.15, 0.2) is 0 Å². The van der Waals surface area contributed by atoms with Crippen molar-refractivity contribution < 1.29 is 19.8 Å². The molecular formula is C32H64BaO4Sn+2. The molecule has 0 saturated carbocycles. The van der Waals surface area contributed by atoms with Crippen LogP contribution in [0.5, 0.6) is 0 Å². The zero-order valence-electron chi connectivity index (χ0n) is 26.2. The molecule has 0 aliphatic rings.